The largest absolute Gasteiger partial charge is 0.443 e. The Morgan fingerprint density at radius 2 is 1.97 bits per heavy atom. The van der Waals surface area contributed by atoms with Crippen LogP contribution in [0.1, 0.15) is 69.4 Å². The van der Waals surface area contributed by atoms with Gasteiger partial charge < -0.3 is 14.5 Å². The Bertz CT molecular complexity index is 1310. The molecule has 4 rings (SSSR count). The van der Waals surface area contributed by atoms with Crippen molar-refractivity contribution in [3.8, 4) is 11.3 Å². The van der Waals surface area contributed by atoms with Crippen LogP contribution in [-0.4, -0.2) is 37.9 Å². The highest BCUT2D eigenvalue weighted by Crippen LogP contribution is 2.37. The molecule has 1 fully saturated rings. The van der Waals surface area contributed by atoms with Crippen LogP contribution in [-0.2, 0) is 15.1 Å². The third-order valence-electron chi connectivity index (χ3n) is 5.91. The average molecular weight is 509 g/mol. The molecule has 0 radical (unpaired) electrons. The Labute approximate surface area is 213 Å². The molecule has 37 heavy (non-hydrogen) atoms. The molecule has 194 valence electrons. The molecule has 1 N–H and O–H groups in total. The highest BCUT2D eigenvalue weighted by Gasteiger charge is 2.44. The van der Waals surface area contributed by atoms with Crippen molar-refractivity contribution in [2.24, 2.45) is 0 Å². The molecule has 0 unspecified atom stereocenters. The highest BCUT2D eigenvalue weighted by atomic mass is 19.1. The number of hydrogen-bond donors (Lipinski definition) is 1. The minimum atomic E-state index is -0.963. The van der Waals surface area contributed by atoms with Crippen LogP contribution in [0.25, 0.3) is 11.3 Å². The van der Waals surface area contributed by atoms with Gasteiger partial charge in [-0.2, -0.15) is 0 Å². The highest BCUT2D eigenvalue weighted by molar-refractivity contribution is 5.91. The zero-order valence-corrected chi connectivity index (χ0v) is 21.0. The van der Waals surface area contributed by atoms with Gasteiger partial charge in [-0.1, -0.05) is 12.2 Å². The Hall–Kier alpha value is -4.08. The van der Waals surface area contributed by atoms with Crippen LogP contribution in [0, 0.1) is 5.82 Å². The van der Waals surface area contributed by atoms with E-state index in [4.69, 9.17) is 9.15 Å². The van der Waals surface area contributed by atoms with Crippen molar-refractivity contribution < 1.29 is 27.9 Å². The SMILES string of the molecule is CC(C)(C)OC(=O)n1c(-c2ccc(F)cc2)cnc1[C@@]1(C/C=C/CCC(=O)c2ncco2)CCC(=O)N1. The first-order valence-electron chi connectivity index (χ1n) is 12.0. The monoisotopic (exact) mass is 508 g/mol. The predicted octanol–water partition coefficient (Wildman–Crippen LogP) is 5.18. The number of aromatic nitrogens is 3. The number of amides is 1. The lowest BCUT2D eigenvalue weighted by atomic mass is 9.91. The van der Waals surface area contributed by atoms with Gasteiger partial charge in [0.15, 0.2) is 0 Å². The van der Waals surface area contributed by atoms with E-state index in [-0.39, 0.29) is 30.4 Å². The van der Waals surface area contributed by atoms with Gasteiger partial charge in [-0.3, -0.25) is 9.59 Å². The molecule has 0 bridgehead atoms. The first kappa shape index (κ1) is 26.0. The van der Waals surface area contributed by atoms with E-state index in [1.54, 1.807) is 32.9 Å². The molecule has 1 aromatic carbocycles. The van der Waals surface area contributed by atoms with Crippen LogP contribution in [0.5, 0.6) is 0 Å². The smallest absolute Gasteiger partial charge is 0.420 e. The second-order valence-corrected chi connectivity index (χ2v) is 9.89. The first-order chi connectivity index (χ1) is 17.6. The van der Waals surface area contributed by atoms with Gasteiger partial charge in [0.2, 0.25) is 11.7 Å². The number of benzene rings is 1. The van der Waals surface area contributed by atoms with E-state index in [2.05, 4.69) is 15.3 Å². The van der Waals surface area contributed by atoms with E-state index in [9.17, 15) is 18.8 Å². The Kier molecular flexibility index (Phi) is 7.37. The third kappa shape index (κ3) is 6.02. The van der Waals surface area contributed by atoms with Gasteiger partial charge in [-0.15, -0.1) is 0 Å². The average Bonchev–Trinajstić information content (AvgIpc) is 3.58. The summed E-state index contributed by atoms with van der Waals surface area (Å²) in [5, 5.41) is 3.00. The van der Waals surface area contributed by atoms with Crippen molar-refractivity contribution in [2.45, 2.75) is 64.0 Å². The maximum atomic E-state index is 13.6. The lowest BCUT2D eigenvalue weighted by molar-refractivity contribution is -0.119. The second-order valence-electron chi connectivity index (χ2n) is 9.89. The fourth-order valence-electron chi connectivity index (χ4n) is 4.22. The molecule has 1 saturated heterocycles. The van der Waals surface area contributed by atoms with E-state index in [0.717, 1.165) is 0 Å². The molecule has 0 saturated carbocycles. The summed E-state index contributed by atoms with van der Waals surface area (Å²) >= 11 is 0. The Morgan fingerprint density at radius 1 is 1.22 bits per heavy atom. The number of halogens is 1. The first-order valence-corrected chi connectivity index (χ1v) is 12.0. The molecule has 1 atom stereocenters. The Morgan fingerprint density at radius 3 is 2.59 bits per heavy atom. The van der Waals surface area contributed by atoms with E-state index in [0.29, 0.717) is 36.3 Å². The molecular formula is C27H29FN4O5. The van der Waals surface area contributed by atoms with Crippen molar-refractivity contribution in [1.29, 1.82) is 0 Å². The Balaban J connectivity index is 1.64. The molecular weight excluding hydrogens is 479 g/mol. The summed E-state index contributed by atoms with van der Waals surface area (Å²) in [6, 6.07) is 5.72. The van der Waals surface area contributed by atoms with Crippen LogP contribution in [0.2, 0.25) is 0 Å². The van der Waals surface area contributed by atoms with Crippen LogP contribution in [0.3, 0.4) is 0 Å². The molecule has 3 heterocycles. The number of carbonyl (C=O) groups excluding carboxylic acids is 3. The summed E-state index contributed by atoms with van der Waals surface area (Å²) in [5.74, 6) is -0.371. The number of carbonyl (C=O) groups is 3. The lowest BCUT2D eigenvalue weighted by Gasteiger charge is -2.29. The van der Waals surface area contributed by atoms with Crippen molar-refractivity contribution in [3.05, 3.63) is 72.6 Å². The summed E-state index contributed by atoms with van der Waals surface area (Å²) in [6.07, 6.45) is 9.04. The molecule has 10 heteroatoms. The van der Waals surface area contributed by atoms with E-state index < -0.39 is 23.1 Å². The number of nitrogens with zero attached hydrogens (tertiary/aromatic N) is 3. The second kappa shape index (κ2) is 10.5. The van der Waals surface area contributed by atoms with Crippen LogP contribution in [0.15, 0.2) is 59.5 Å². The summed E-state index contributed by atoms with van der Waals surface area (Å²) in [7, 11) is 0. The van der Waals surface area contributed by atoms with Gasteiger partial charge in [0.05, 0.1) is 18.1 Å². The summed E-state index contributed by atoms with van der Waals surface area (Å²) in [5.41, 5.74) is -0.744. The summed E-state index contributed by atoms with van der Waals surface area (Å²) < 4.78 is 25.6. The number of oxazole rings is 1. The van der Waals surface area contributed by atoms with Gasteiger partial charge in [-0.25, -0.2) is 23.7 Å². The van der Waals surface area contributed by atoms with Crippen molar-refractivity contribution in [1.82, 2.24) is 19.9 Å². The quantitative estimate of drug-likeness (QED) is 0.329. The van der Waals surface area contributed by atoms with E-state index >= 15 is 0 Å². The van der Waals surface area contributed by atoms with Gasteiger partial charge in [0.1, 0.15) is 29.0 Å². The number of nitrogens with one attached hydrogen (secondary N) is 1. The third-order valence-corrected chi connectivity index (χ3v) is 5.91. The maximum absolute atomic E-state index is 13.6. The number of Topliss-reactive ketones (excluding diaryl/α,β-unsaturated/α-hetero) is 1. The van der Waals surface area contributed by atoms with Gasteiger partial charge in [0, 0.05) is 18.4 Å². The molecule has 1 aliphatic heterocycles. The van der Waals surface area contributed by atoms with Gasteiger partial charge in [-0.05, 0) is 64.3 Å². The zero-order valence-electron chi connectivity index (χ0n) is 21.0. The summed E-state index contributed by atoms with van der Waals surface area (Å²) in [4.78, 5) is 46.3. The molecule has 0 aliphatic carbocycles. The fraction of sp³-hybridized carbons (Fsp3) is 0.370. The molecule has 9 nitrogen and oxygen atoms in total. The molecule has 1 amide bonds. The molecule has 1 aliphatic rings. The number of imidazole rings is 1. The van der Waals surface area contributed by atoms with Crippen molar-refractivity contribution in [2.75, 3.05) is 0 Å². The van der Waals surface area contributed by atoms with Crippen LogP contribution < -0.4 is 5.32 Å². The van der Waals surface area contributed by atoms with E-state index in [1.807, 2.05) is 12.2 Å². The number of allylic oxidation sites excluding steroid dienone is 1. The fourth-order valence-corrected chi connectivity index (χ4v) is 4.22. The topological polar surface area (TPSA) is 116 Å². The van der Waals surface area contributed by atoms with Crippen LogP contribution in [0.4, 0.5) is 9.18 Å². The minimum absolute atomic E-state index is 0.0700. The minimum Gasteiger partial charge on any atom is -0.443 e. The number of hydrogen-bond acceptors (Lipinski definition) is 7. The number of ether oxygens (including phenoxy) is 1. The van der Waals surface area contributed by atoms with Crippen molar-refractivity contribution >= 4 is 17.8 Å². The summed E-state index contributed by atoms with van der Waals surface area (Å²) in [6.45, 7) is 5.28. The zero-order chi connectivity index (χ0) is 26.6. The molecule has 0 spiro atoms. The predicted molar refractivity (Wildman–Crippen MR) is 132 cm³/mol. The van der Waals surface area contributed by atoms with Crippen molar-refractivity contribution in [3.63, 3.8) is 0 Å². The van der Waals surface area contributed by atoms with Crippen LogP contribution >= 0.6 is 0 Å². The van der Waals surface area contributed by atoms with E-state index in [1.165, 1.54) is 35.4 Å². The lowest BCUT2D eigenvalue weighted by Crippen LogP contribution is -2.42. The number of rotatable bonds is 8. The maximum Gasteiger partial charge on any atom is 0.420 e. The van der Waals surface area contributed by atoms with Gasteiger partial charge in [0.25, 0.3) is 5.89 Å². The molecule has 2 aromatic heterocycles. The number of ketones is 1. The normalized spacial score (nSPS) is 17.8. The van der Waals surface area contributed by atoms with Gasteiger partial charge >= 0.3 is 6.09 Å². The molecule has 3 aromatic rings. The standard InChI is InChI=1S/C27H29FN4O5/c1-26(2,3)37-25(35)32-20(18-8-10-19(28)11-9-18)17-30-24(32)27(14-12-22(34)31-27)13-6-4-5-7-21(33)23-29-15-16-36-23/h4,6,8-11,15-17H,5,7,12-14H2,1-3H3,(H,31,34)/b6-4+/t27-/m1/s1.